The highest BCUT2D eigenvalue weighted by molar-refractivity contribution is 5.76. The largest absolute Gasteiger partial charge is 0.393 e. The molecule has 2 nitrogen and oxygen atoms in total. The van der Waals surface area contributed by atoms with Crippen molar-refractivity contribution in [3.8, 4) is 0 Å². The highest BCUT2D eigenvalue weighted by Gasteiger charge is 2.42. The lowest BCUT2D eigenvalue weighted by atomic mass is 9.97. The molecule has 0 spiro atoms. The third-order valence-corrected chi connectivity index (χ3v) is 2.70. The van der Waals surface area contributed by atoms with Crippen LogP contribution in [0.15, 0.2) is 0 Å². The molecule has 88 valence electrons. The number of piperidine rings is 1. The van der Waals surface area contributed by atoms with Crippen molar-refractivity contribution < 1.29 is 18.0 Å². The zero-order chi connectivity index (χ0) is 11.5. The summed E-state index contributed by atoms with van der Waals surface area (Å²) in [5.74, 6) is -1.47. The fourth-order valence-corrected chi connectivity index (χ4v) is 1.84. The molecular weight excluding hydrogens is 207 g/mol. The van der Waals surface area contributed by atoms with Crippen LogP contribution in [0.5, 0.6) is 0 Å². The predicted molar refractivity (Wildman–Crippen MR) is 50.3 cm³/mol. The van der Waals surface area contributed by atoms with Crippen molar-refractivity contribution in [2.75, 3.05) is 13.1 Å². The predicted octanol–water partition coefficient (Wildman–Crippen LogP) is 2.59. The Labute approximate surface area is 87.4 Å². The first-order valence-corrected chi connectivity index (χ1v) is 5.29. The van der Waals surface area contributed by atoms with Gasteiger partial charge >= 0.3 is 6.18 Å². The number of hydrogen-bond donors (Lipinski definition) is 0. The Morgan fingerprint density at radius 1 is 1.47 bits per heavy atom. The van der Waals surface area contributed by atoms with Crippen LogP contribution in [0, 0.1) is 5.92 Å². The SMILES string of the molecule is CCCC(=O)N1CCCC(C(F)(F)F)C1. The van der Waals surface area contributed by atoms with Crippen molar-refractivity contribution in [3.63, 3.8) is 0 Å². The van der Waals surface area contributed by atoms with E-state index in [4.69, 9.17) is 0 Å². The summed E-state index contributed by atoms with van der Waals surface area (Å²) >= 11 is 0. The summed E-state index contributed by atoms with van der Waals surface area (Å²) in [5.41, 5.74) is 0. The Bertz CT molecular complexity index is 227. The van der Waals surface area contributed by atoms with E-state index in [0.717, 1.165) is 0 Å². The number of nitrogens with zero attached hydrogens (tertiary/aromatic N) is 1. The van der Waals surface area contributed by atoms with Crippen LogP contribution >= 0.6 is 0 Å². The lowest BCUT2D eigenvalue weighted by Crippen LogP contribution is -2.44. The Morgan fingerprint density at radius 2 is 2.13 bits per heavy atom. The number of likely N-dealkylation sites (tertiary alicyclic amines) is 1. The Kier molecular flexibility index (Phi) is 3.99. The summed E-state index contributed by atoms with van der Waals surface area (Å²) in [4.78, 5) is 12.8. The first kappa shape index (κ1) is 12.3. The van der Waals surface area contributed by atoms with Gasteiger partial charge in [-0.3, -0.25) is 4.79 Å². The van der Waals surface area contributed by atoms with Gasteiger partial charge in [-0.1, -0.05) is 6.92 Å². The van der Waals surface area contributed by atoms with Gasteiger partial charge in [0.1, 0.15) is 0 Å². The molecule has 5 heteroatoms. The summed E-state index contributed by atoms with van der Waals surface area (Å²) < 4.78 is 37.3. The monoisotopic (exact) mass is 223 g/mol. The zero-order valence-corrected chi connectivity index (χ0v) is 8.81. The molecule has 1 saturated heterocycles. The maximum Gasteiger partial charge on any atom is 0.393 e. The van der Waals surface area contributed by atoms with E-state index in [9.17, 15) is 18.0 Å². The molecule has 0 bridgehead atoms. The van der Waals surface area contributed by atoms with Gasteiger partial charge in [0.15, 0.2) is 0 Å². The van der Waals surface area contributed by atoms with Gasteiger partial charge in [-0.15, -0.1) is 0 Å². The lowest BCUT2D eigenvalue weighted by Gasteiger charge is -2.33. The minimum absolute atomic E-state index is 0.147. The molecule has 15 heavy (non-hydrogen) atoms. The molecule has 1 fully saturated rings. The quantitative estimate of drug-likeness (QED) is 0.704. The summed E-state index contributed by atoms with van der Waals surface area (Å²) in [7, 11) is 0. The molecule has 0 aromatic rings. The number of carbonyl (C=O) groups excluding carboxylic acids is 1. The van der Waals surface area contributed by atoms with Crippen LogP contribution in [0.25, 0.3) is 0 Å². The van der Waals surface area contributed by atoms with Crippen LogP contribution < -0.4 is 0 Å². The van der Waals surface area contributed by atoms with E-state index < -0.39 is 12.1 Å². The third-order valence-electron chi connectivity index (χ3n) is 2.70. The topological polar surface area (TPSA) is 20.3 Å². The fraction of sp³-hybridized carbons (Fsp3) is 0.900. The third kappa shape index (κ3) is 3.39. The number of hydrogen-bond acceptors (Lipinski definition) is 1. The molecule has 0 aromatic heterocycles. The molecule has 1 heterocycles. The molecule has 0 saturated carbocycles. The summed E-state index contributed by atoms with van der Waals surface area (Å²) in [6.45, 7) is 2.18. The Morgan fingerprint density at radius 3 is 2.67 bits per heavy atom. The second kappa shape index (κ2) is 4.86. The molecule has 1 aliphatic heterocycles. The summed E-state index contributed by atoms with van der Waals surface area (Å²) in [5, 5.41) is 0. The molecule has 0 aliphatic carbocycles. The van der Waals surface area contributed by atoms with Crippen LogP contribution in [-0.4, -0.2) is 30.1 Å². The van der Waals surface area contributed by atoms with Crippen LogP contribution in [-0.2, 0) is 4.79 Å². The van der Waals surface area contributed by atoms with Gasteiger partial charge in [-0.25, -0.2) is 0 Å². The van der Waals surface area contributed by atoms with E-state index >= 15 is 0 Å². The summed E-state index contributed by atoms with van der Waals surface area (Å²) in [6, 6.07) is 0. The van der Waals surface area contributed by atoms with Crippen LogP contribution in [0.2, 0.25) is 0 Å². The van der Waals surface area contributed by atoms with Gasteiger partial charge < -0.3 is 4.90 Å². The van der Waals surface area contributed by atoms with Crippen LogP contribution in [0.4, 0.5) is 13.2 Å². The first-order chi connectivity index (χ1) is 6.95. The molecule has 0 aromatic carbocycles. The number of amides is 1. The van der Waals surface area contributed by atoms with Gasteiger partial charge in [0, 0.05) is 19.5 Å². The minimum atomic E-state index is -4.16. The van der Waals surface area contributed by atoms with E-state index in [2.05, 4.69) is 0 Å². The Balaban J connectivity index is 2.52. The highest BCUT2D eigenvalue weighted by atomic mass is 19.4. The molecule has 1 amide bonds. The zero-order valence-electron chi connectivity index (χ0n) is 8.81. The van der Waals surface area contributed by atoms with E-state index in [1.807, 2.05) is 6.92 Å². The van der Waals surface area contributed by atoms with Crippen LogP contribution in [0.1, 0.15) is 32.6 Å². The van der Waals surface area contributed by atoms with Crippen molar-refractivity contribution in [2.24, 2.45) is 5.92 Å². The standard InChI is InChI=1S/C10H16F3NO/c1-2-4-9(15)14-6-3-5-8(7-14)10(11,12)13/h8H,2-7H2,1H3. The normalized spacial score (nSPS) is 22.9. The maximum atomic E-state index is 12.4. The number of rotatable bonds is 2. The van der Waals surface area contributed by atoms with E-state index in [1.54, 1.807) is 0 Å². The number of carbonyl (C=O) groups is 1. The van der Waals surface area contributed by atoms with Gasteiger partial charge in [0.2, 0.25) is 5.91 Å². The van der Waals surface area contributed by atoms with Crippen molar-refractivity contribution in [1.82, 2.24) is 4.90 Å². The minimum Gasteiger partial charge on any atom is -0.342 e. The van der Waals surface area contributed by atoms with Gasteiger partial charge in [0.05, 0.1) is 5.92 Å². The van der Waals surface area contributed by atoms with E-state index in [0.29, 0.717) is 25.8 Å². The average molecular weight is 223 g/mol. The van der Waals surface area contributed by atoms with Crippen molar-refractivity contribution in [2.45, 2.75) is 38.8 Å². The maximum absolute atomic E-state index is 12.4. The highest BCUT2D eigenvalue weighted by Crippen LogP contribution is 2.33. The molecule has 1 atom stereocenters. The second-order valence-electron chi connectivity index (χ2n) is 3.97. The number of halogens is 3. The number of alkyl halides is 3. The van der Waals surface area contributed by atoms with Gasteiger partial charge in [0.25, 0.3) is 0 Å². The van der Waals surface area contributed by atoms with Crippen molar-refractivity contribution in [3.05, 3.63) is 0 Å². The smallest absolute Gasteiger partial charge is 0.342 e. The van der Waals surface area contributed by atoms with E-state index in [1.165, 1.54) is 4.90 Å². The Hall–Kier alpha value is -0.740. The van der Waals surface area contributed by atoms with Gasteiger partial charge in [-0.2, -0.15) is 13.2 Å². The molecule has 0 radical (unpaired) electrons. The summed E-state index contributed by atoms with van der Waals surface area (Å²) in [6.07, 6.45) is -2.51. The first-order valence-electron chi connectivity index (χ1n) is 5.29. The molecule has 1 unspecified atom stereocenters. The van der Waals surface area contributed by atoms with Crippen molar-refractivity contribution >= 4 is 5.91 Å². The van der Waals surface area contributed by atoms with Gasteiger partial charge in [-0.05, 0) is 19.3 Å². The average Bonchev–Trinajstić information content (AvgIpc) is 2.17. The van der Waals surface area contributed by atoms with Crippen LogP contribution in [0.3, 0.4) is 0 Å². The molecule has 0 N–H and O–H groups in total. The molecule has 1 aliphatic rings. The molecule has 1 rings (SSSR count). The second-order valence-corrected chi connectivity index (χ2v) is 3.97. The molecular formula is C10H16F3NO. The lowest BCUT2D eigenvalue weighted by molar-refractivity contribution is -0.188. The van der Waals surface area contributed by atoms with E-state index in [-0.39, 0.29) is 18.9 Å². The van der Waals surface area contributed by atoms with Crippen molar-refractivity contribution in [1.29, 1.82) is 0 Å². The fourth-order valence-electron chi connectivity index (χ4n) is 1.84.